The Bertz CT molecular complexity index is 1040. The molecule has 1 heterocycles. The van der Waals surface area contributed by atoms with E-state index in [4.69, 9.17) is 0 Å². The third-order valence-corrected chi connectivity index (χ3v) is 5.06. The minimum atomic E-state index is -4.72. The van der Waals surface area contributed by atoms with Crippen LogP contribution < -0.4 is 5.32 Å². The first-order valence-corrected chi connectivity index (χ1v) is 8.96. The van der Waals surface area contributed by atoms with Crippen molar-refractivity contribution in [3.05, 3.63) is 82.7 Å². The molecule has 0 saturated carbocycles. The molecule has 0 aliphatic heterocycles. The van der Waals surface area contributed by atoms with E-state index in [1.807, 2.05) is 24.3 Å². The van der Waals surface area contributed by atoms with Crippen molar-refractivity contribution >= 4 is 5.91 Å². The Labute approximate surface area is 160 Å². The van der Waals surface area contributed by atoms with Crippen LogP contribution in [-0.2, 0) is 12.6 Å². The van der Waals surface area contributed by atoms with Gasteiger partial charge in [-0.15, -0.1) is 0 Å². The maximum Gasteiger partial charge on any atom is 0.434 e. The van der Waals surface area contributed by atoms with Crippen molar-refractivity contribution in [2.24, 2.45) is 0 Å². The summed E-state index contributed by atoms with van der Waals surface area (Å²) in [6.45, 7) is 1.70. The van der Waals surface area contributed by atoms with Gasteiger partial charge in [0.15, 0.2) is 5.69 Å². The summed E-state index contributed by atoms with van der Waals surface area (Å²) in [5.41, 5.74) is 1.45. The molecule has 0 fully saturated rings. The molecule has 0 saturated heterocycles. The number of rotatable bonds is 3. The molecule has 7 heteroatoms. The van der Waals surface area contributed by atoms with E-state index in [9.17, 15) is 18.0 Å². The Morgan fingerprint density at radius 1 is 1.14 bits per heavy atom. The molecule has 4 rings (SSSR count). The van der Waals surface area contributed by atoms with Gasteiger partial charge in [0.2, 0.25) is 0 Å². The molecule has 0 spiro atoms. The molecule has 1 aliphatic carbocycles. The number of para-hydroxylation sites is 1. The highest BCUT2D eigenvalue weighted by molar-refractivity contribution is 5.95. The third kappa shape index (κ3) is 3.17. The zero-order chi connectivity index (χ0) is 19.9. The van der Waals surface area contributed by atoms with Crippen molar-refractivity contribution in [2.45, 2.75) is 32.0 Å². The average molecular weight is 385 g/mol. The first kappa shape index (κ1) is 18.3. The van der Waals surface area contributed by atoms with Crippen LogP contribution in [0.2, 0.25) is 0 Å². The van der Waals surface area contributed by atoms with E-state index in [0.29, 0.717) is 17.7 Å². The summed E-state index contributed by atoms with van der Waals surface area (Å²) in [6, 6.07) is 14.0. The standard InChI is InChI=1S/C21H18F3N3O/c1-13-6-2-5-9-18(13)27-19(21(22,23)24)16(12-25-27)20(28)26-17-11-10-14-7-3-4-8-15(14)17/h2-9,12,17H,10-11H2,1H3,(H,26,28)/t17-/m1/s1. The van der Waals surface area contributed by atoms with Crippen LogP contribution in [0.4, 0.5) is 13.2 Å². The molecule has 1 N–H and O–H groups in total. The van der Waals surface area contributed by atoms with E-state index in [2.05, 4.69) is 10.4 Å². The maximum absolute atomic E-state index is 13.8. The topological polar surface area (TPSA) is 46.9 Å². The minimum absolute atomic E-state index is 0.292. The van der Waals surface area contributed by atoms with Gasteiger partial charge in [0.1, 0.15) is 0 Å². The number of halogens is 3. The Morgan fingerprint density at radius 3 is 2.61 bits per heavy atom. The molecule has 28 heavy (non-hydrogen) atoms. The molecule has 0 radical (unpaired) electrons. The predicted molar refractivity (Wildman–Crippen MR) is 98.3 cm³/mol. The second-order valence-electron chi connectivity index (χ2n) is 6.87. The molecule has 2 aromatic carbocycles. The number of hydrogen-bond acceptors (Lipinski definition) is 2. The number of alkyl halides is 3. The van der Waals surface area contributed by atoms with Gasteiger partial charge in [-0.3, -0.25) is 4.79 Å². The monoisotopic (exact) mass is 385 g/mol. The lowest BCUT2D eigenvalue weighted by Crippen LogP contribution is -2.29. The van der Waals surface area contributed by atoms with E-state index >= 15 is 0 Å². The quantitative estimate of drug-likeness (QED) is 0.715. The smallest absolute Gasteiger partial charge is 0.345 e. The van der Waals surface area contributed by atoms with Crippen LogP contribution in [0.5, 0.6) is 0 Å². The van der Waals surface area contributed by atoms with Crippen LogP contribution in [0, 0.1) is 6.92 Å². The van der Waals surface area contributed by atoms with E-state index in [1.165, 1.54) is 0 Å². The second-order valence-corrected chi connectivity index (χ2v) is 6.87. The van der Waals surface area contributed by atoms with Gasteiger partial charge >= 0.3 is 6.18 Å². The van der Waals surface area contributed by atoms with Gasteiger partial charge in [-0.1, -0.05) is 42.5 Å². The average Bonchev–Trinajstić information content (AvgIpc) is 3.27. The van der Waals surface area contributed by atoms with Crippen LogP contribution in [-0.4, -0.2) is 15.7 Å². The lowest BCUT2D eigenvalue weighted by Gasteiger charge is -2.16. The minimum Gasteiger partial charge on any atom is -0.345 e. The van der Waals surface area contributed by atoms with Crippen molar-refractivity contribution in [3.63, 3.8) is 0 Å². The van der Waals surface area contributed by atoms with Gasteiger partial charge in [-0.25, -0.2) is 4.68 Å². The van der Waals surface area contributed by atoms with Crippen LogP contribution in [0.1, 0.15) is 45.2 Å². The Morgan fingerprint density at radius 2 is 1.86 bits per heavy atom. The summed E-state index contributed by atoms with van der Waals surface area (Å²) in [7, 11) is 0. The van der Waals surface area contributed by atoms with Crippen molar-refractivity contribution in [1.82, 2.24) is 15.1 Å². The first-order chi connectivity index (χ1) is 13.4. The number of benzene rings is 2. The van der Waals surface area contributed by atoms with Crippen molar-refractivity contribution < 1.29 is 18.0 Å². The lowest BCUT2D eigenvalue weighted by atomic mass is 10.1. The van der Waals surface area contributed by atoms with E-state index in [0.717, 1.165) is 28.4 Å². The molecule has 1 atom stereocenters. The molecule has 0 bridgehead atoms. The Hall–Kier alpha value is -3.09. The zero-order valence-corrected chi connectivity index (χ0v) is 15.1. The van der Waals surface area contributed by atoms with Gasteiger partial charge < -0.3 is 5.32 Å². The summed E-state index contributed by atoms with van der Waals surface area (Å²) in [5.74, 6) is -0.770. The maximum atomic E-state index is 13.8. The highest BCUT2D eigenvalue weighted by Gasteiger charge is 2.41. The molecule has 1 aromatic heterocycles. The SMILES string of the molecule is Cc1ccccc1-n1ncc(C(=O)N[C@@H]2CCc3ccccc32)c1C(F)(F)F. The number of hydrogen-bond donors (Lipinski definition) is 1. The highest BCUT2D eigenvalue weighted by Crippen LogP contribution is 2.35. The number of nitrogens with one attached hydrogen (secondary N) is 1. The van der Waals surface area contributed by atoms with Crippen LogP contribution in [0.3, 0.4) is 0 Å². The molecule has 144 valence electrons. The fraction of sp³-hybridized carbons (Fsp3) is 0.238. The highest BCUT2D eigenvalue weighted by atomic mass is 19.4. The Balaban J connectivity index is 1.71. The summed E-state index contributed by atoms with van der Waals surface area (Å²) < 4.78 is 42.3. The van der Waals surface area contributed by atoms with E-state index in [1.54, 1.807) is 31.2 Å². The molecule has 1 amide bonds. The van der Waals surface area contributed by atoms with Gasteiger partial charge in [-0.2, -0.15) is 18.3 Å². The van der Waals surface area contributed by atoms with Crippen molar-refractivity contribution in [1.29, 1.82) is 0 Å². The van der Waals surface area contributed by atoms with Crippen LogP contribution >= 0.6 is 0 Å². The third-order valence-electron chi connectivity index (χ3n) is 5.06. The van der Waals surface area contributed by atoms with Gasteiger partial charge in [0, 0.05) is 0 Å². The summed E-state index contributed by atoms with van der Waals surface area (Å²) in [4.78, 5) is 12.7. The normalized spacial score (nSPS) is 16.1. The summed E-state index contributed by atoms with van der Waals surface area (Å²) >= 11 is 0. The number of fused-ring (bicyclic) bond motifs is 1. The summed E-state index contributed by atoms with van der Waals surface area (Å²) in [5, 5.41) is 6.64. The number of amides is 1. The molecule has 4 nitrogen and oxygen atoms in total. The predicted octanol–water partition coefficient (Wildman–Crippen LogP) is 4.62. The fourth-order valence-corrected chi connectivity index (χ4v) is 3.71. The van der Waals surface area contributed by atoms with Crippen LogP contribution in [0.15, 0.2) is 54.7 Å². The van der Waals surface area contributed by atoms with Crippen LogP contribution in [0.25, 0.3) is 5.69 Å². The number of carbonyl (C=O) groups excluding carboxylic acids is 1. The number of aryl methyl sites for hydroxylation is 2. The Kier molecular flexibility index (Phi) is 4.45. The van der Waals surface area contributed by atoms with Gasteiger partial charge in [0.05, 0.1) is 23.5 Å². The number of carbonyl (C=O) groups is 1. The largest absolute Gasteiger partial charge is 0.434 e. The molecule has 1 aliphatic rings. The molecular weight excluding hydrogens is 367 g/mol. The van der Waals surface area contributed by atoms with Gasteiger partial charge in [-0.05, 0) is 42.5 Å². The van der Waals surface area contributed by atoms with Crippen molar-refractivity contribution in [3.8, 4) is 5.69 Å². The zero-order valence-electron chi connectivity index (χ0n) is 15.1. The lowest BCUT2D eigenvalue weighted by molar-refractivity contribution is -0.143. The first-order valence-electron chi connectivity index (χ1n) is 8.96. The van der Waals surface area contributed by atoms with E-state index in [-0.39, 0.29) is 6.04 Å². The van der Waals surface area contributed by atoms with E-state index < -0.39 is 23.3 Å². The molecule has 0 unspecified atom stereocenters. The van der Waals surface area contributed by atoms with Gasteiger partial charge in [0.25, 0.3) is 5.91 Å². The number of aromatic nitrogens is 2. The molecule has 3 aromatic rings. The van der Waals surface area contributed by atoms with Crippen molar-refractivity contribution in [2.75, 3.05) is 0 Å². The second kappa shape index (κ2) is 6.82. The summed E-state index contributed by atoms with van der Waals surface area (Å²) in [6.07, 6.45) is -2.28. The number of nitrogens with zero attached hydrogens (tertiary/aromatic N) is 2. The fourth-order valence-electron chi connectivity index (χ4n) is 3.71. The molecular formula is C21H18F3N3O.